The molecule has 0 heterocycles. The molecule has 0 aromatic heterocycles. The fourth-order valence-corrected chi connectivity index (χ4v) is 7.02. The van der Waals surface area contributed by atoms with Gasteiger partial charge in [-0.05, 0) is 103 Å². The number of aromatic hydroxyl groups is 1. The second kappa shape index (κ2) is 7.64. The first-order valence-electron chi connectivity index (χ1n) is 12.3. The maximum atomic E-state index is 13.0. The summed E-state index contributed by atoms with van der Waals surface area (Å²) in [5.41, 5.74) is 4.80. The summed E-state index contributed by atoms with van der Waals surface area (Å²) in [5.74, 6) is 2.04. The minimum Gasteiger partial charge on any atom is -0.508 e. The lowest BCUT2D eigenvalue weighted by Crippen LogP contribution is -2.45. The summed E-state index contributed by atoms with van der Waals surface area (Å²) < 4.78 is 6.19. The molecule has 0 bridgehead atoms. The number of phenols is 1. The van der Waals surface area contributed by atoms with Gasteiger partial charge in [-0.15, -0.1) is 0 Å². The van der Waals surface area contributed by atoms with Crippen molar-refractivity contribution in [3.63, 3.8) is 0 Å². The second-order valence-corrected chi connectivity index (χ2v) is 11.6. The van der Waals surface area contributed by atoms with Gasteiger partial charge < -0.3 is 9.84 Å². The van der Waals surface area contributed by atoms with Crippen LogP contribution in [0.3, 0.4) is 0 Å². The van der Waals surface area contributed by atoms with Crippen LogP contribution in [0.4, 0.5) is 0 Å². The number of rotatable bonds is 2. The Morgan fingerprint density at radius 2 is 1.78 bits per heavy atom. The lowest BCUT2D eigenvalue weighted by Gasteiger charge is -2.50. The molecule has 3 aliphatic rings. The molecule has 1 N–H and O–H groups in total. The number of esters is 1. The molecule has 2 aromatic carbocycles. The molecule has 0 amide bonds. The highest BCUT2D eigenvalue weighted by Gasteiger charge is 2.56. The molecule has 2 saturated carbocycles. The number of fused-ring (bicyclic) bond motifs is 5. The van der Waals surface area contributed by atoms with Crippen LogP contribution in [0, 0.1) is 17.3 Å². The van der Waals surface area contributed by atoms with Gasteiger partial charge in [-0.3, -0.25) is 0 Å². The van der Waals surface area contributed by atoms with Gasteiger partial charge in [0.2, 0.25) is 0 Å². The first-order valence-corrected chi connectivity index (χ1v) is 12.3. The maximum Gasteiger partial charge on any atom is 0.338 e. The Kier molecular flexibility index (Phi) is 5.15. The average molecular weight is 433 g/mol. The van der Waals surface area contributed by atoms with Crippen LogP contribution >= 0.6 is 0 Å². The normalized spacial score (nSPS) is 31.4. The van der Waals surface area contributed by atoms with E-state index in [1.54, 1.807) is 0 Å². The maximum absolute atomic E-state index is 13.0. The molecule has 2 fully saturated rings. The SMILES string of the molecule is CC(C)(C)c1ccc(C(=O)OC2CC[C@H]3[C@@H]4CCc5cc(O)ccc5[C@H]4CC[C@]23C)cc1. The van der Waals surface area contributed by atoms with E-state index >= 15 is 0 Å². The number of carbonyl (C=O) groups is 1. The smallest absolute Gasteiger partial charge is 0.338 e. The van der Waals surface area contributed by atoms with Crippen molar-refractivity contribution in [2.24, 2.45) is 17.3 Å². The first kappa shape index (κ1) is 21.6. The van der Waals surface area contributed by atoms with E-state index in [-0.39, 0.29) is 22.9 Å². The summed E-state index contributed by atoms with van der Waals surface area (Å²) in [4.78, 5) is 13.0. The van der Waals surface area contributed by atoms with Crippen LogP contribution in [0.25, 0.3) is 0 Å². The fourth-order valence-electron chi connectivity index (χ4n) is 7.02. The van der Waals surface area contributed by atoms with E-state index < -0.39 is 0 Å². The zero-order valence-corrected chi connectivity index (χ0v) is 19.9. The van der Waals surface area contributed by atoms with Crippen molar-refractivity contribution in [2.75, 3.05) is 0 Å². The van der Waals surface area contributed by atoms with Gasteiger partial charge in [0, 0.05) is 5.41 Å². The van der Waals surface area contributed by atoms with E-state index in [1.807, 2.05) is 24.3 Å². The minimum atomic E-state index is -0.177. The fraction of sp³-hybridized carbons (Fsp3) is 0.552. The van der Waals surface area contributed by atoms with E-state index in [2.05, 4.69) is 45.9 Å². The van der Waals surface area contributed by atoms with Crippen molar-refractivity contribution in [1.29, 1.82) is 0 Å². The summed E-state index contributed by atoms with van der Waals surface area (Å²) in [6.07, 6.45) is 6.58. The number of benzene rings is 2. The Balaban J connectivity index is 1.32. The number of phenolic OH excluding ortho intramolecular Hbond substituents is 1. The Bertz CT molecular complexity index is 1020. The lowest BCUT2D eigenvalue weighted by atomic mass is 9.55. The number of carbonyl (C=O) groups excluding carboxylic acids is 1. The highest BCUT2D eigenvalue weighted by atomic mass is 16.5. The lowest BCUT2D eigenvalue weighted by molar-refractivity contribution is -0.0427. The van der Waals surface area contributed by atoms with Crippen LogP contribution in [0.1, 0.15) is 92.8 Å². The number of aryl methyl sites for hydroxylation is 1. The van der Waals surface area contributed by atoms with Crippen molar-refractivity contribution in [1.82, 2.24) is 0 Å². The Morgan fingerprint density at radius 3 is 2.50 bits per heavy atom. The van der Waals surface area contributed by atoms with Gasteiger partial charge in [-0.2, -0.15) is 0 Å². The zero-order chi connectivity index (χ0) is 22.7. The molecule has 0 aliphatic heterocycles. The predicted octanol–water partition coefficient (Wildman–Crippen LogP) is 6.77. The molecule has 5 atom stereocenters. The van der Waals surface area contributed by atoms with Gasteiger partial charge in [0.15, 0.2) is 0 Å². The Morgan fingerprint density at radius 1 is 1.03 bits per heavy atom. The molecular formula is C29H36O3. The molecule has 0 spiro atoms. The first-order chi connectivity index (χ1) is 15.2. The molecule has 170 valence electrons. The van der Waals surface area contributed by atoms with Crippen molar-refractivity contribution < 1.29 is 14.6 Å². The summed E-state index contributed by atoms with van der Waals surface area (Å²) in [7, 11) is 0. The van der Waals surface area contributed by atoms with Gasteiger partial charge in [0.05, 0.1) is 5.56 Å². The predicted molar refractivity (Wildman–Crippen MR) is 127 cm³/mol. The average Bonchev–Trinajstić information content (AvgIpc) is 3.09. The highest BCUT2D eigenvalue weighted by molar-refractivity contribution is 5.89. The van der Waals surface area contributed by atoms with E-state index in [4.69, 9.17) is 4.74 Å². The molecule has 0 radical (unpaired) electrons. The van der Waals surface area contributed by atoms with Gasteiger partial charge in [0.25, 0.3) is 0 Å². The highest BCUT2D eigenvalue weighted by Crippen LogP contribution is 2.61. The van der Waals surface area contributed by atoms with Crippen LogP contribution < -0.4 is 0 Å². The van der Waals surface area contributed by atoms with Crippen LogP contribution in [-0.4, -0.2) is 17.2 Å². The van der Waals surface area contributed by atoms with Crippen molar-refractivity contribution in [3.8, 4) is 5.75 Å². The molecule has 2 aromatic rings. The molecule has 3 aliphatic carbocycles. The molecule has 0 saturated heterocycles. The van der Waals surface area contributed by atoms with Gasteiger partial charge in [-0.25, -0.2) is 4.79 Å². The van der Waals surface area contributed by atoms with Crippen LogP contribution in [0.2, 0.25) is 0 Å². The van der Waals surface area contributed by atoms with E-state index in [0.29, 0.717) is 29.1 Å². The van der Waals surface area contributed by atoms with E-state index in [9.17, 15) is 9.90 Å². The molecule has 32 heavy (non-hydrogen) atoms. The summed E-state index contributed by atoms with van der Waals surface area (Å²) in [6, 6.07) is 13.9. The zero-order valence-electron chi connectivity index (χ0n) is 19.9. The largest absolute Gasteiger partial charge is 0.508 e. The van der Waals surface area contributed by atoms with Gasteiger partial charge in [-0.1, -0.05) is 45.9 Å². The third-order valence-electron chi connectivity index (χ3n) is 8.86. The van der Waals surface area contributed by atoms with Crippen molar-refractivity contribution in [2.45, 2.75) is 83.7 Å². The van der Waals surface area contributed by atoms with Crippen molar-refractivity contribution in [3.05, 3.63) is 64.7 Å². The Labute approximate surface area is 192 Å². The quantitative estimate of drug-likeness (QED) is 0.533. The minimum absolute atomic E-state index is 0.00413. The van der Waals surface area contributed by atoms with Gasteiger partial charge >= 0.3 is 5.97 Å². The molecule has 3 heteroatoms. The number of ether oxygens (including phenoxy) is 1. The molecule has 3 nitrogen and oxygen atoms in total. The summed E-state index contributed by atoms with van der Waals surface area (Å²) >= 11 is 0. The second-order valence-electron chi connectivity index (χ2n) is 11.6. The van der Waals surface area contributed by atoms with Crippen LogP contribution in [0.5, 0.6) is 5.75 Å². The van der Waals surface area contributed by atoms with E-state index in [1.165, 1.54) is 23.1 Å². The van der Waals surface area contributed by atoms with E-state index in [0.717, 1.165) is 32.1 Å². The number of hydrogen-bond acceptors (Lipinski definition) is 3. The molecule has 1 unspecified atom stereocenters. The monoisotopic (exact) mass is 432 g/mol. The summed E-state index contributed by atoms with van der Waals surface area (Å²) in [6.45, 7) is 8.92. The van der Waals surface area contributed by atoms with Crippen LogP contribution in [0.15, 0.2) is 42.5 Å². The van der Waals surface area contributed by atoms with Gasteiger partial charge in [0.1, 0.15) is 11.9 Å². The third-order valence-corrected chi connectivity index (χ3v) is 8.86. The van der Waals surface area contributed by atoms with Crippen LogP contribution in [-0.2, 0) is 16.6 Å². The molecular weight excluding hydrogens is 396 g/mol. The summed E-state index contributed by atoms with van der Waals surface area (Å²) in [5, 5.41) is 9.89. The van der Waals surface area contributed by atoms with Crippen molar-refractivity contribution >= 4 is 5.97 Å². The molecule has 5 rings (SSSR count). The number of hydrogen-bond donors (Lipinski definition) is 1. The third kappa shape index (κ3) is 3.54. The Hall–Kier alpha value is -2.29. The standard InChI is InChI=1S/C29H36O3/c1-28(2,3)20-8-5-18(6-9-20)27(31)32-26-14-13-25-24-11-7-19-17-21(30)10-12-22(19)23(24)15-16-29(25,26)4/h5-6,8-10,12,17,23-26,30H,7,11,13-16H2,1-4H3/t23-,24-,25+,26?,29+/m1/s1. The topological polar surface area (TPSA) is 46.5 Å².